The normalized spacial score (nSPS) is 25.3. The molecule has 1 aliphatic rings. The fourth-order valence-corrected chi connectivity index (χ4v) is 5.78. The van der Waals surface area contributed by atoms with Gasteiger partial charge in [0.15, 0.2) is 0 Å². The van der Waals surface area contributed by atoms with E-state index in [1.54, 1.807) is 12.1 Å². The van der Waals surface area contributed by atoms with Crippen molar-refractivity contribution >= 4 is 26.3 Å². The van der Waals surface area contributed by atoms with Gasteiger partial charge >= 0.3 is 0 Å². The molecule has 0 amide bonds. The van der Waals surface area contributed by atoms with Gasteiger partial charge in [0.25, 0.3) is 0 Å². The highest BCUT2D eigenvalue weighted by molar-refractivity contribution is 7.91. The van der Waals surface area contributed by atoms with Crippen molar-refractivity contribution in [3.05, 3.63) is 23.8 Å². The van der Waals surface area contributed by atoms with Crippen LogP contribution in [0.5, 0.6) is 0 Å². The lowest BCUT2D eigenvalue weighted by Gasteiger charge is -2.27. The van der Waals surface area contributed by atoms with Crippen molar-refractivity contribution in [2.24, 2.45) is 0 Å². The van der Waals surface area contributed by atoms with Crippen LogP contribution in [0, 0.1) is 6.92 Å². The largest absolute Gasteiger partial charge is 0.399 e. The van der Waals surface area contributed by atoms with E-state index in [0.717, 1.165) is 23.3 Å². The van der Waals surface area contributed by atoms with Crippen LogP contribution in [0.2, 0.25) is 0 Å². The second-order valence-electron chi connectivity index (χ2n) is 5.56. The number of hydrogen-bond acceptors (Lipinski definition) is 4. The van der Waals surface area contributed by atoms with Crippen LogP contribution in [0.25, 0.3) is 0 Å². The Bertz CT molecular complexity index is 625. The third kappa shape index (κ3) is 3.41. The van der Waals surface area contributed by atoms with E-state index in [1.807, 2.05) is 13.0 Å². The first-order chi connectivity index (χ1) is 9.29. The summed E-state index contributed by atoms with van der Waals surface area (Å²) in [6.45, 7) is 1.91. The molecule has 0 bridgehead atoms. The molecule has 1 aliphatic carbocycles. The van der Waals surface area contributed by atoms with E-state index in [4.69, 9.17) is 5.73 Å². The van der Waals surface area contributed by atoms with Crippen molar-refractivity contribution in [1.82, 2.24) is 0 Å². The molecule has 1 fully saturated rings. The third-order valence-electron chi connectivity index (χ3n) is 3.92. The molecule has 2 N–H and O–H groups in total. The third-order valence-corrected chi connectivity index (χ3v) is 7.46. The number of sulfone groups is 1. The molecule has 2 rings (SSSR count). The van der Waals surface area contributed by atoms with Crippen LogP contribution in [0.4, 0.5) is 5.69 Å². The summed E-state index contributed by atoms with van der Waals surface area (Å²) in [7, 11) is -4.24. The molecule has 1 aromatic rings. The van der Waals surface area contributed by atoms with Crippen molar-refractivity contribution < 1.29 is 12.6 Å². The Morgan fingerprint density at radius 2 is 2.00 bits per heavy atom. The first-order valence-corrected chi connectivity index (χ1v) is 9.91. The fraction of sp³-hybridized carbons (Fsp3) is 0.571. The molecule has 0 aliphatic heterocycles. The van der Waals surface area contributed by atoms with Crippen LogP contribution in [-0.4, -0.2) is 29.4 Å². The van der Waals surface area contributed by atoms with Crippen LogP contribution in [-0.2, 0) is 20.6 Å². The van der Waals surface area contributed by atoms with Gasteiger partial charge in [0.05, 0.1) is 16.0 Å². The number of anilines is 1. The van der Waals surface area contributed by atoms with Crippen molar-refractivity contribution in [1.29, 1.82) is 0 Å². The number of benzene rings is 1. The number of aryl methyl sites for hydroxylation is 1. The Morgan fingerprint density at radius 1 is 1.30 bits per heavy atom. The fourth-order valence-electron chi connectivity index (χ4n) is 2.70. The molecule has 0 saturated heterocycles. The lowest BCUT2D eigenvalue weighted by molar-refractivity contribution is 0.487. The second kappa shape index (κ2) is 5.85. The molecule has 0 aromatic heterocycles. The molecular formula is C14H21NO3S2. The van der Waals surface area contributed by atoms with Crippen LogP contribution in [0.15, 0.2) is 23.1 Å². The molecule has 3 unspecified atom stereocenters. The van der Waals surface area contributed by atoms with Gasteiger partial charge in [-0.3, -0.25) is 4.21 Å². The molecular weight excluding hydrogens is 294 g/mol. The number of nitrogens with two attached hydrogens (primary N) is 1. The molecule has 20 heavy (non-hydrogen) atoms. The van der Waals surface area contributed by atoms with E-state index in [0.29, 0.717) is 18.5 Å². The highest BCUT2D eigenvalue weighted by Crippen LogP contribution is 2.31. The smallest absolute Gasteiger partial charge is 0.150 e. The number of hydrogen-bond donors (Lipinski definition) is 1. The SMILES string of the molecule is Cc1ccc(N)cc1S(=O)C1CCCC(S(C)(=O)=O)C1. The molecule has 3 atom stereocenters. The Hall–Kier alpha value is -0.880. The van der Waals surface area contributed by atoms with E-state index >= 15 is 0 Å². The molecule has 4 nitrogen and oxygen atoms in total. The first-order valence-electron chi connectivity index (χ1n) is 6.74. The average molecular weight is 315 g/mol. The van der Waals surface area contributed by atoms with Gasteiger partial charge in [0, 0.05) is 22.1 Å². The van der Waals surface area contributed by atoms with E-state index in [2.05, 4.69) is 0 Å². The monoisotopic (exact) mass is 315 g/mol. The van der Waals surface area contributed by atoms with Gasteiger partial charge in [-0.25, -0.2) is 8.42 Å². The molecule has 6 heteroatoms. The van der Waals surface area contributed by atoms with E-state index in [1.165, 1.54) is 6.26 Å². The predicted molar refractivity (Wildman–Crippen MR) is 82.9 cm³/mol. The number of nitrogen functional groups attached to an aromatic ring is 1. The van der Waals surface area contributed by atoms with Crippen molar-refractivity contribution in [3.8, 4) is 0 Å². The average Bonchev–Trinajstić information content (AvgIpc) is 2.40. The Morgan fingerprint density at radius 3 is 2.65 bits per heavy atom. The van der Waals surface area contributed by atoms with E-state index < -0.39 is 20.6 Å². The topological polar surface area (TPSA) is 77.2 Å². The van der Waals surface area contributed by atoms with Gasteiger partial charge in [0.2, 0.25) is 0 Å². The van der Waals surface area contributed by atoms with Gasteiger partial charge in [-0.2, -0.15) is 0 Å². The first kappa shape index (κ1) is 15.5. The quantitative estimate of drug-likeness (QED) is 0.866. The maximum absolute atomic E-state index is 12.7. The Balaban J connectivity index is 2.23. The zero-order chi connectivity index (χ0) is 14.9. The Kier molecular flexibility index (Phi) is 4.54. The van der Waals surface area contributed by atoms with E-state index in [-0.39, 0.29) is 10.5 Å². The molecule has 1 aromatic carbocycles. The molecule has 112 valence electrons. The molecule has 1 saturated carbocycles. The molecule has 0 heterocycles. The summed E-state index contributed by atoms with van der Waals surface area (Å²) in [6.07, 6.45) is 4.07. The summed E-state index contributed by atoms with van der Waals surface area (Å²) in [5.41, 5.74) is 7.30. The minimum atomic E-state index is -3.05. The van der Waals surface area contributed by atoms with E-state index in [9.17, 15) is 12.6 Å². The van der Waals surface area contributed by atoms with Gasteiger partial charge in [-0.1, -0.05) is 12.5 Å². The van der Waals surface area contributed by atoms with Crippen molar-refractivity contribution in [3.63, 3.8) is 0 Å². The highest BCUT2D eigenvalue weighted by Gasteiger charge is 2.32. The lowest BCUT2D eigenvalue weighted by Crippen LogP contribution is -2.32. The molecule has 0 spiro atoms. The van der Waals surface area contributed by atoms with Gasteiger partial charge in [0.1, 0.15) is 9.84 Å². The minimum absolute atomic E-state index is 0.0935. The maximum Gasteiger partial charge on any atom is 0.150 e. The summed E-state index contributed by atoms with van der Waals surface area (Å²) in [4.78, 5) is 0.740. The summed E-state index contributed by atoms with van der Waals surface area (Å²) in [5.74, 6) is 0. The second-order valence-corrected chi connectivity index (χ2v) is 9.59. The predicted octanol–water partition coefficient (Wildman–Crippen LogP) is 2.04. The zero-order valence-corrected chi connectivity index (χ0v) is 13.5. The summed E-state index contributed by atoms with van der Waals surface area (Å²) in [5, 5.41) is -0.449. The summed E-state index contributed by atoms with van der Waals surface area (Å²) >= 11 is 0. The Labute approximate surface area is 123 Å². The summed E-state index contributed by atoms with van der Waals surface area (Å²) < 4.78 is 36.1. The van der Waals surface area contributed by atoms with Crippen LogP contribution in [0.1, 0.15) is 31.2 Å². The minimum Gasteiger partial charge on any atom is -0.399 e. The van der Waals surface area contributed by atoms with Crippen molar-refractivity contribution in [2.45, 2.75) is 48.0 Å². The van der Waals surface area contributed by atoms with Crippen LogP contribution in [0.3, 0.4) is 0 Å². The number of rotatable bonds is 3. The highest BCUT2D eigenvalue weighted by atomic mass is 32.2. The lowest BCUT2D eigenvalue weighted by atomic mass is 10.00. The van der Waals surface area contributed by atoms with Gasteiger partial charge < -0.3 is 5.73 Å². The van der Waals surface area contributed by atoms with Gasteiger partial charge in [-0.15, -0.1) is 0 Å². The molecule has 0 radical (unpaired) electrons. The summed E-state index contributed by atoms with van der Waals surface area (Å²) in [6, 6.07) is 5.39. The standard InChI is InChI=1S/C14H21NO3S2/c1-10-6-7-11(15)8-14(10)19(16)12-4-3-5-13(9-12)20(2,17)18/h6-8,12-13H,3-5,9,15H2,1-2H3. The van der Waals surface area contributed by atoms with Crippen molar-refractivity contribution in [2.75, 3.05) is 12.0 Å². The van der Waals surface area contributed by atoms with Crippen LogP contribution < -0.4 is 5.73 Å². The maximum atomic E-state index is 12.7. The zero-order valence-electron chi connectivity index (χ0n) is 11.8. The van der Waals surface area contributed by atoms with Crippen LogP contribution >= 0.6 is 0 Å². The van der Waals surface area contributed by atoms with Gasteiger partial charge in [-0.05, 0) is 43.9 Å².